The minimum absolute atomic E-state index is 0. The standard InChI is InChI=1S/C29H35F2N3O5.Na.H/c1-17(2)27-25(12-10-22(35)14-23(36)15-26(37)38)34(21-8-6-20(30)7-9-21)32-28(27)29(39)33(4)16-19-5-11-24(31)18(3)13-19;;/h5-9,11,13,17,22-23,35-36H,10,12,14-16H2,1-4H3,(H,37,38);;/q;+1;-1. The van der Waals surface area contributed by atoms with Gasteiger partial charge in [-0.05, 0) is 73.6 Å². The van der Waals surface area contributed by atoms with Crippen LogP contribution in [0.15, 0.2) is 42.5 Å². The van der Waals surface area contributed by atoms with Gasteiger partial charge in [0.1, 0.15) is 11.6 Å². The van der Waals surface area contributed by atoms with Crippen LogP contribution in [-0.2, 0) is 17.8 Å². The number of halogens is 2. The number of nitrogens with zero attached hydrogens (tertiary/aromatic N) is 3. The van der Waals surface area contributed by atoms with Gasteiger partial charge in [0, 0.05) is 24.8 Å². The summed E-state index contributed by atoms with van der Waals surface area (Å²) in [7, 11) is 1.63. The minimum atomic E-state index is -1.19. The Balaban J connectivity index is 0.00000420. The Bertz CT molecular complexity index is 1320. The molecule has 0 saturated heterocycles. The van der Waals surface area contributed by atoms with E-state index in [2.05, 4.69) is 5.10 Å². The van der Waals surface area contributed by atoms with E-state index in [0.717, 1.165) is 5.56 Å². The summed E-state index contributed by atoms with van der Waals surface area (Å²) < 4.78 is 28.9. The van der Waals surface area contributed by atoms with Crippen molar-refractivity contribution < 1.29 is 64.7 Å². The Labute approximate surface area is 256 Å². The van der Waals surface area contributed by atoms with Crippen molar-refractivity contribution in [3.8, 4) is 5.69 Å². The molecule has 0 bridgehead atoms. The van der Waals surface area contributed by atoms with Gasteiger partial charge in [0.15, 0.2) is 5.69 Å². The van der Waals surface area contributed by atoms with Gasteiger partial charge >= 0.3 is 35.5 Å². The van der Waals surface area contributed by atoms with E-state index in [0.29, 0.717) is 22.5 Å². The van der Waals surface area contributed by atoms with Gasteiger partial charge in [0.05, 0.1) is 24.3 Å². The Hall–Kier alpha value is -2.63. The average Bonchev–Trinajstić information content (AvgIpc) is 3.24. The van der Waals surface area contributed by atoms with Gasteiger partial charge in [0.25, 0.3) is 5.91 Å². The van der Waals surface area contributed by atoms with Crippen molar-refractivity contribution in [2.45, 2.75) is 71.1 Å². The van der Waals surface area contributed by atoms with E-state index in [-0.39, 0.29) is 80.1 Å². The molecular weight excluding hydrogens is 531 g/mol. The van der Waals surface area contributed by atoms with Gasteiger partial charge in [-0.1, -0.05) is 26.0 Å². The molecule has 2 unspecified atom stereocenters. The predicted molar refractivity (Wildman–Crippen MR) is 143 cm³/mol. The molecule has 8 nitrogen and oxygen atoms in total. The van der Waals surface area contributed by atoms with Crippen LogP contribution in [-0.4, -0.2) is 61.1 Å². The summed E-state index contributed by atoms with van der Waals surface area (Å²) in [4.78, 5) is 26.0. The first-order valence-electron chi connectivity index (χ1n) is 12.8. The normalized spacial score (nSPS) is 12.6. The fourth-order valence-corrected chi connectivity index (χ4v) is 4.62. The Morgan fingerprint density at radius 3 is 2.30 bits per heavy atom. The average molecular weight is 568 g/mol. The van der Waals surface area contributed by atoms with Crippen molar-refractivity contribution in [2.75, 3.05) is 7.05 Å². The van der Waals surface area contributed by atoms with Crippen molar-refractivity contribution in [1.82, 2.24) is 14.7 Å². The van der Waals surface area contributed by atoms with Crippen LogP contribution in [0.3, 0.4) is 0 Å². The number of aryl methyl sites for hydroxylation is 1. The van der Waals surface area contributed by atoms with Crippen LogP contribution in [0.2, 0.25) is 0 Å². The van der Waals surface area contributed by atoms with Crippen molar-refractivity contribution in [3.05, 3.63) is 82.2 Å². The summed E-state index contributed by atoms with van der Waals surface area (Å²) in [6, 6.07) is 10.3. The maximum Gasteiger partial charge on any atom is 1.00 e. The molecule has 2 atom stereocenters. The predicted octanol–water partition coefficient (Wildman–Crippen LogP) is 1.49. The number of carboxylic acids is 1. The van der Waals surface area contributed by atoms with Gasteiger partial charge in [-0.3, -0.25) is 9.59 Å². The molecular formula is C29H36F2N3NaO5. The Kier molecular flexibility index (Phi) is 12.5. The zero-order valence-corrected chi connectivity index (χ0v) is 25.6. The summed E-state index contributed by atoms with van der Waals surface area (Å²) in [5.41, 5.74) is 3.31. The summed E-state index contributed by atoms with van der Waals surface area (Å²) >= 11 is 0. The third-order valence-corrected chi connectivity index (χ3v) is 6.53. The number of rotatable bonds is 12. The van der Waals surface area contributed by atoms with Gasteiger partial charge < -0.3 is 21.6 Å². The monoisotopic (exact) mass is 567 g/mol. The Morgan fingerprint density at radius 1 is 1.07 bits per heavy atom. The van der Waals surface area contributed by atoms with Crippen LogP contribution in [0.4, 0.5) is 8.78 Å². The van der Waals surface area contributed by atoms with Crippen molar-refractivity contribution in [3.63, 3.8) is 0 Å². The van der Waals surface area contributed by atoms with Crippen LogP contribution >= 0.6 is 0 Å². The summed E-state index contributed by atoms with van der Waals surface area (Å²) in [5.74, 6) is -2.39. The van der Waals surface area contributed by atoms with Crippen LogP contribution in [0.1, 0.15) is 73.3 Å². The zero-order valence-electron chi connectivity index (χ0n) is 24.6. The molecule has 11 heteroatoms. The van der Waals surface area contributed by atoms with Crippen LogP contribution in [0.25, 0.3) is 5.69 Å². The number of aliphatic hydroxyl groups excluding tert-OH is 2. The second kappa shape index (κ2) is 14.8. The van der Waals surface area contributed by atoms with E-state index in [1.165, 1.54) is 23.1 Å². The fourth-order valence-electron chi connectivity index (χ4n) is 4.62. The number of carbonyl (C=O) groups excluding carboxylic acids is 1. The van der Waals surface area contributed by atoms with E-state index >= 15 is 0 Å². The van der Waals surface area contributed by atoms with Crippen molar-refractivity contribution in [1.29, 1.82) is 0 Å². The largest absolute Gasteiger partial charge is 1.00 e. The SMILES string of the molecule is Cc1cc(CN(C)C(=O)c2nn(-c3ccc(F)cc3)c(CCC(O)CC(O)CC(=O)O)c2C(C)C)ccc1F.[H-].[Na+]. The summed E-state index contributed by atoms with van der Waals surface area (Å²) in [6.07, 6.45) is -2.31. The number of hydrogen-bond donors (Lipinski definition) is 3. The number of amides is 1. The van der Waals surface area contributed by atoms with E-state index in [9.17, 15) is 28.6 Å². The number of benzene rings is 2. The van der Waals surface area contributed by atoms with Gasteiger partial charge in [0.2, 0.25) is 0 Å². The molecule has 0 aliphatic carbocycles. The molecule has 1 aromatic heterocycles. The molecule has 0 radical (unpaired) electrons. The van der Waals surface area contributed by atoms with Gasteiger partial charge in [-0.25, -0.2) is 13.5 Å². The molecule has 1 heterocycles. The minimum Gasteiger partial charge on any atom is -1.00 e. The van der Waals surface area contributed by atoms with Crippen LogP contribution in [0.5, 0.6) is 0 Å². The molecule has 0 saturated carbocycles. The molecule has 212 valence electrons. The Morgan fingerprint density at radius 2 is 1.73 bits per heavy atom. The van der Waals surface area contributed by atoms with Crippen molar-refractivity contribution >= 4 is 11.9 Å². The van der Waals surface area contributed by atoms with Gasteiger partial charge in [-0.2, -0.15) is 5.10 Å². The molecule has 0 aliphatic rings. The number of hydrogen-bond acceptors (Lipinski definition) is 5. The van der Waals surface area contributed by atoms with Crippen LogP contribution in [0, 0.1) is 18.6 Å². The van der Waals surface area contributed by atoms with Gasteiger partial charge in [-0.15, -0.1) is 0 Å². The fraction of sp³-hybridized carbons (Fsp3) is 0.414. The third-order valence-electron chi connectivity index (χ3n) is 6.53. The smallest absolute Gasteiger partial charge is 1.00 e. The zero-order chi connectivity index (χ0) is 28.9. The first-order chi connectivity index (χ1) is 18.4. The van der Waals surface area contributed by atoms with E-state index < -0.39 is 30.4 Å². The number of carboxylic acid groups (broad SMARTS) is 1. The molecule has 2 aromatic carbocycles. The molecule has 0 fully saturated rings. The van der Waals surface area contributed by atoms with Crippen molar-refractivity contribution in [2.24, 2.45) is 0 Å². The number of aliphatic hydroxyl groups is 2. The van der Waals surface area contributed by atoms with E-state index in [4.69, 9.17) is 5.11 Å². The van der Waals surface area contributed by atoms with Crippen LogP contribution < -0.4 is 29.6 Å². The molecule has 1 amide bonds. The molecule has 3 rings (SSSR count). The molecule has 40 heavy (non-hydrogen) atoms. The second-order valence-electron chi connectivity index (χ2n) is 10.2. The maximum absolute atomic E-state index is 13.7. The quantitative estimate of drug-likeness (QED) is 0.286. The second-order valence-corrected chi connectivity index (χ2v) is 10.2. The van der Waals surface area contributed by atoms with E-state index in [1.54, 1.807) is 42.9 Å². The first-order valence-corrected chi connectivity index (χ1v) is 12.8. The number of aliphatic carboxylic acids is 1. The molecule has 0 spiro atoms. The number of aromatic nitrogens is 2. The summed E-state index contributed by atoms with van der Waals surface area (Å²) in [5, 5.41) is 33.9. The topological polar surface area (TPSA) is 116 Å². The summed E-state index contributed by atoms with van der Waals surface area (Å²) in [6.45, 7) is 5.73. The molecule has 3 N–H and O–H groups in total. The molecule has 0 aliphatic heterocycles. The first kappa shape index (κ1) is 33.6. The number of carbonyl (C=O) groups is 2. The molecule has 3 aromatic rings. The third kappa shape index (κ3) is 8.68. The van der Waals surface area contributed by atoms with E-state index in [1.807, 2.05) is 13.8 Å². The maximum atomic E-state index is 13.7.